The molecule has 0 saturated carbocycles. The fourth-order valence-corrected chi connectivity index (χ4v) is 1.94. The Morgan fingerprint density at radius 1 is 1.31 bits per heavy atom. The van der Waals surface area contributed by atoms with E-state index >= 15 is 0 Å². The Bertz CT molecular complexity index is 332. The molecule has 88 valence electrons. The zero-order chi connectivity index (χ0) is 11.4. The molecule has 1 saturated heterocycles. The van der Waals surface area contributed by atoms with Crippen molar-refractivity contribution in [2.24, 2.45) is 0 Å². The first-order chi connectivity index (χ1) is 7.75. The molecule has 0 spiro atoms. The predicted octanol–water partition coefficient (Wildman–Crippen LogP) is 1.76. The van der Waals surface area contributed by atoms with Crippen LogP contribution in [-0.4, -0.2) is 29.1 Å². The summed E-state index contributed by atoms with van der Waals surface area (Å²) in [4.78, 5) is 8.54. The van der Waals surface area contributed by atoms with Crippen LogP contribution in [0.2, 0.25) is 0 Å². The van der Waals surface area contributed by atoms with Gasteiger partial charge in [-0.25, -0.2) is 9.97 Å². The SMILES string of the molecule is CC(C)c1cc(NC2CCNCC2)ncn1. The summed E-state index contributed by atoms with van der Waals surface area (Å²) >= 11 is 0. The van der Waals surface area contributed by atoms with Gasteiger partial charge in [-0.15, -0.1) is 0 Å². The van der Waals surface area contributed by atoms with E-state index in [9.17, 15) is 0 Å². The van der Waals surface area contributed by atoms with Crippen LogP contribution in [0.15, 0.2) is 12.4 Å². The highest BCUT2D eigenvalue weighted by Gasteiger charge is 2.13. The van der Waals surface area contributed by atoms with E-state index in [1.54, 1.807) is 6.33 Å². The van der Waals surface area contributed by atoms with Crippen molar-refractivity contribution in [3.63, 3.8) is 0 Å². The van der Waals surface area contributed by atoms with Gasteiger partial charge in [0.2, 0.25) is 0 Å². The van der Waals surface area contributed by atoms with Gasteiger partial charge < -0.3 is 10.6 Å². The number of hydrogen-bond donors (Lipinski definition) is 2. The Balaban J connectivity index is 2.00. The van der Waals surface area contributed by atoms with Gasteiger partial charge in [0.05, 0.1) is 0 Å². The minimum absolute atomic E-state index is 0.455. The standard InChI is InChI=1S/C12H20N4/c1-9(2)11-7-12(15-8-14-11)16-10-3-5-13-6-4-10/h7-10,13H,3-6H2,1-2H3,(H,14,15,16). The van der Waals surface area contributed by atoms with E-state index in [1.807, 2.05) is 0 Å². The highest BCUT2D eigenvalue weighted by molar-refractivity contribution is 5.36. The van der Waals surface area contributed by atoms with Gasteiger partial charge in [-0.1, -0.05) is 13.8 Å². The monoisotopic (exact) mass is 220 g/mol. The predicted molar refractivity (Wildman–Crippen MR) is 65.6 cm³/mol. The summed E-state index contributed by atoms with van der Waals surface area (Å²) in [7, 11) is 0. The zero-order valence-corrected chi connectivity index (χ0v) is 10.0. The second-order valence-corrected chi connectivity index (χ2v) is 4.65. The molecular formula is C12H20N4. The molecule has 0 unspecified atom stereocenters. The largest absolute Gasteiger partial charge is 0.367 e. The van der Waals surface area contributed by atoms with Gasteiger partial charge in [-0.2, -0.15) is 0 Å². The summed E-state index contributed by atoms with van der Waals surface area (Å²) in [6, 6.07) is 2.61. The first kappa shape index (κ1) is 11.3. The molecule has 4 heteroatoms. The molecule has 0 aliphatic carbocycles. The highest BCUT2D eigenvalue weighted by Crippen LogP contribution is 2.16. The summed E-state index contributed by atoms with van der Waals surface area (Å²) in [6.45, 7) is 6.49. The summed E-state index contributed by atoms with van der Waals surface area (Å²) in [5.41, 5.74) is 1.10. The van der Waals surface area contributed by atoms with Crippen molar-refractivity contribution in [1.29, 1.82) is 0 Å². The smallest absolute Gasteiger partial charge is 0.129 e. The van der Waals surface area contributed by atoms with Gasteiger partial charge in [0.15, 0.2) is 0 Å². The minimum atomic E-state index is 0.455. The van der Waals surface area contributed by atoms with E-state index in [0.29, 0.717) is 12.0 Å². The molecule has 1 aliphatic rings. The molecular weight excluding hydrogens is 200 g/mol. The molecule has 0 amide bonds. The number of rotatable bonds is 3. The Morgan fingerprint density at radius 2 is 2.06 bits per heavy atom. The Morgan fingerprint density at radius 3 is 2.75 bits per heavy atom. The number of piperidine rings is 1. The van der Waals surface area contributed by atoms with Crippen molar-refractivity contribution >= 4 is 5.82 Å². The van der Waals surface area contributed by atoms with Crippen molar-refractivity contribution < 1.29 is 0 Å². The molecule has 0 aromatic carbocycles. The fraction of sp³-hybridized carbons (Fsp3) is 0.667. The van der Waals surface area contributed by atoms with E-state index in [-0.39, 0.29) is 0 Å². The van der Waals surface area contributed by atoms with Crippen molar-refractivity contribution in [3.05, 3.63) is 18.1 Å². The third kappa shape index (κ3) is 2.92. The molecule has 2 rings (SSSR count). The number of aromatic nitrogens is 2. The molecule has 16 heavy (non-hydrogen) atoms. The molecule has 4 nitrogen and oxygen atoms in total. The molecule has 0 atom stereocenters. The topological polar surface area (TPSA) is 49.8 Å². The fourth-order valence-electron chi connectivity index (χ4n) is 1.94. The van der Waals surface area contributed by atoms with Crippen molar-refractivity contribution in [2.45, 2.75) is 38.6 Å². The summed E-state index contributed by atoms with van der Waals surface area (Å²) in [5, 5.41) is 6.84. The Labute approximate surface area is 96.9 Å². The van der Waals surface area contributed by atoms with E-state index in [2.05, 4.69) is 40.5 Å². The Kier molecular flexibility index (Phi) is 3.72. The van der Waals surface area contributed by atoms with Crippen molar-refractivity contribution in [1.82, 2.24) is 15.3 Å². The van der Waals surface area contributed by atoms with Crippen LogP contribution in [0.1, 0.15) is 38.3 Å². The van der Waals surface area contributed by atoms with E-state index in [1.165, 1.54) is 12.8 Å². The molecule has 2 heterocycles. The van der Waals surface area contributed by atoms with Gasteiger partial charge in [0.1, 0.15) is 12.1 Å². The lowest BCUT2D eigenvalue weighted by Crippen LogP contribution is -2.35. The van der Waals surface area contributed by atoms with E-state index < -0.39 is 0 Å². The maximum absolute atomic E-state index is 4.27. The maximum atomic E-state index is 4.27. The van der Waals surface area contributed by atoms with E-state index in [4.69, 9.17) is 0 Å². The minimum Gasteiger partial charge on any atom is -0.367 e. The first-order valence-electron chi connectivity index (χ1n) is 6.05. The molecule has 1 aliphatic heterocycles. The van der Waals surface area contributed by atoms with Crippen LogP contribution in [0.5, 0.6) is 0 Å². The van der Waals surface area contributed by atoms with Gasteiger partial charge in [-0.05, 0) is 31.8 Å². The second-order valence-electron chi connectivity index (χ2n) is 4.65. The number of hydrogen-bond acceptors (Lipinski definition) is 4. The van der Waals surface area contributed by atoms with Crippen LogP contribution < -0.4 is 10.6 Å². The van der Waals surface area contributed by atoms with Gasteiger partial charge >= 0.3 is 0 Å². The number of anilines is 1. The van der Waals surface area contributed by atoms with Gasteiger partial charge in [0.25, 0.3) is 0 Å². The first-order valence-corrected chi connectivity index (χ1v) is 6.05. The zero-order valence-electron chi connectivity index (χ0n) is 10.0. The molecule has 1 aromatic heterocycles. The van der Waals surface area contributed by atoms with E-state index in [0.717, 1.165) is 24.6 Å². The lowest BCUT2D eigenvalue weighted by atomic mass is 10.1. The lowest BCUT2D eigenvalue weighted by molar-refractivity contribution is 0.478. The Hall–Kier alpha value is -1.16. The van der Waals surface area contributed by atoms with Crippen LogP contribution in [0.4, 0.5) is 5.82 Å². The number of nitrogens with zero attached hydrogens (tertiary/aromatic N) is 2. The lowest BCUT2D eigenvalue weighted by Gasteiger charge is -2.24. The average Bonchev–Trinajstić information content (AvgIpc) is 2.30. The van der Waals surface area contributed by atoms with Crippen LogP contribution in [0.3, 0.4) is 0 Å². The normalized spacial score (nSPS) is 17.7. The van der Waals surface area contributed by atoms with Crippen molar-refractivity contribution in [2.75, 3.05) is 18.4 Å². The third-order valence-electron chi connectivity index (χ3n) is 2.97. The number of nitrogens with one attached hydrogen (secondary N) is 2. The van der Waals surface area contributed by atoms with Crippen LogP contribution in [0, 0.1) is 0 Å². The van der Waals surface area contributed by atoms with Crippen LogP contribution >= 0.6 is 0 Å². The second kappa shape index (κ2) is 5.25. The van der Waals surface area contributed by atoms with Crippen LogP contribution in [0.25, 0.3) is 0 Å². The molecule has 1 fully saturated rings. The van der Waals surface area contributed by atoms with Gasteiger partial charge in [0, 0.05) is 17.8 Å². The molecule has 2 N–H and O–H groups in total. The maximum Gasteiger partial charge on any atom is 0.129 e. The average molecular weight is 220 g/mol. The van der Waals surface area contributed by atoms with Crippen molar-refractivity contribution in [3.8, 4) is 0 Å². The molecule has 0 bridgehead atoms. The van der Waals surface area contributed by atoms with Gasteiger partial charge in [-0.3, -0.25) is 0 Å². The van der Waals surface area contributed by atoms with Crippen LogP contribution in [-0.2, 0) is 0 Å². The summed E-state index contributed by atoms with van der Waals surface area (Å²) < 4.78 is 0. The third-order valence-corrected chi connectivity index (χ3v) is 2.97. The summed E-state index contributed by atoms with van der Waals surface area (Å²) in [5.74, 6) is 1.42. The molecule has 1 aromatic rings. The highest BCUT2D eigenvalue weighted by atomic mass is 15.1. The molecule has 0 radical (unpaired) electrons. The summed E-state index contributed by atoms with van der Waals surface area (Å²) in [6.07, 6.45) is 3.99. The quantitative estimate of drug-likeness (QED) is 0.815.